The van der Waals surface area contributed by atoms with Crippen molar-refractivity contribution in [1.29, 1.82) is 0 Å². The standard InChI is InChI=1S/C18H15FN2O4S/c19-13-6-11(17-12(7-13)9-23-10-24-17)3-4-20-18(22)14-8-15(25-21-14)16-2-1-5-26-16/h1-2,5-8H,3-4,9-10H2,(H,20,22). The van der Waals surface area contributed by atoms with Crippen LogP contribution in [0.3, 0.4) is 0 Å². The Bertz CT molecular complexity index is 923. The van der Waals surface area contributed by atoms with Gasteiger partial charge >= 0.3 is 0 Å². The van der Waals surface area contributed by atoms with E-state index in [1.807, 2.05) is 17.5 Å². The summed E-state index contributed by atoms with van der Waals surface area (Å²) in [5.41, 5.74) is 1.58. The van der Waals surface area contributed by atoms with Gasteiger partial charge in [0, 0.05) is 18.2 Å². The van der Waals surface area contributed by atoms with Gasteiger partial charge in [-0.15, -0.1) is 11.3 Å². The van der Waals surface area contributed by atoms with Crippen LogP contribution in [-0.2, 0) is 17.8 Å². The number of fused-ring (bicyclic) bond motifs is 1. The molecule has 3 heterocycles. The summed E-state index contributed by atoms with van der Waals surface area (Å²) in [6, 6.07) is 8.21. The van der Waals surface area contributed by atoms with Gasteiger partial charge in [-0.3, -0.25) is 4.79 Å². The summed E-state index contributed by atoms with van der Waals surface area (Å²) in [4.78, 5) is 13.1. The van der Waals surface area contributed by atoms with E-state index in [1.165, 1.54) is 23.5 Å². The van der Waals surface area contributed by atoms with Gasteiger partial charge in [0.05, 0.1) is 11.5 Å². The van der Waals surface area contributed by atoms with Gasteiger partial charge in [-0.25, -0.2) is 4.39 Å². The molecule has 0 saturated heterocycles. The van der Waals surface area contributed by atoms with E-state index in [-0.39, 0.29) is 24.2 Å². The summed E-state index contributed by atoms with van der Waals surface area (Å²) in [7, 11) is 0. The highest BCUT2D eigenvalue weighted by Gasteiger charge is 2.18. The molecule has 0 bridgehead atoms. The Morgan fingerprint density at radius 2 is 2.27 bits per heavy atom. The number of amides is 1. The Balaban J connectivity index is 1.39. The van der Waals surface area contributed by atoms with Crippen molar-refractivity contribution in [2.75, 3.05) is 13.3 Å². The number of ether oxygens (including phenoxy) is 2. The number of thiophene rings is 1. The highest BCUT2D eigenvalue weighted by atomic mass is 32.1. The SMILES string of the molecule is O=C(NCCc1cc(F)cc2c1OCOC2)c1cc(-c2cccs2)on1. The Hall–Kier alpha value is -2.71. The van der Waals surface area contributed by atoms with E-state index in [2.05, 4.69) is 10.5 Å². The molecule has 1 aliphatic rings. The second kappa shape index (κ2) is 7.27. The smallest absolute Gasteiger partial charge is 0.273 e. The molecule has 0 atom stereocenters. The van der Waals surface area contributed by atoms with Gasteiger partial charge in [-0.05, 0) is 35.6 Å². The number of hydrogen-bond donors (Lipinski definition) is 1. The Morgan fingerprint density at radius 1 is 1.35 bits per heavy atom. The molecule has 6 nitrogen and oxygen atoms in total. The molecule has 0 unspecified atom stereocenters. The summed E-state index contributed by atoms with van der Waals surface area (Å²) in [6.07, 6.45) is 0.432. The molecule has 3 aromatic rings. The average molecular weight is 374 g/mol. The van der Waals surface area contributed by atoms with E-state index in [4.69, 9.17) is 14.0 Å². The third-order valence-corrected chi connectivity index (χ3v) is 4.82. The summed E-state index contributed by atoms with van der Waals surface area (Å²) >= 11 is 1.51. The number of halogens is 1. The van der Waals surface area contributed by atoms with Crippen LogP contribution in [0.4, 0.5) is 4.39 Å². The van der Waals surface area contributed by atoms with E-state index in [0.29, 0.717) is 42.2 Å². The van der Waals surface area contributed by atoms with Crippen LogP contribution < -0.4 is 10.1 Å². The second-order valence-electron chi connectivity index (χ2n) is 5.72. The maximum absolute atomic E-state index is 13.7. The topological polar surface area (TPSA) is 73.6 Å². The molecule has 1 aromatic carbocycles. The predicted octanol–water partition coefficient (Wildman–Crippen LogP) is 3.38. The van der Waals surface area contributed by atoms with Crippen LogP contribution >= 0.6 is 11.3 Å². The summed E-state index contributed by atoms with van der Waals surface area (Å²) in [5, 5.41) is 8.49. The Kier molecular flexibility index (Phi) is 4.68. The minimum Gasteiger partial charge on any atom is -0.467 e. The lowest BCUT2D eigenvalue weighted by Crippen LogP contribution is -2.26. The first kappa shape index (κ1) is 16.7. The molecule has 0 saturated carbocycles. The lowest BCUT2D eigenvalue weighted by atomic mass is 10.1. The molecule has 0 fully saturated rings. The zero-order valence-electron chi connectivity index (χ0n) is 13.7. The lowest BCUT2D eigenvalue weighted by molar-refractivity contribution is -0.0172. The van der Waals surface area contributed by atoms with Gasteiger partial charge < -0.3 is 19.3 Å². The highest BCUT2D eigenvalue weighted by Crippen LogP contribution is 2.29. The van der Waals surface area contributed by atoms with Crippen LogP contribution in [0.15, 0.2) is 40.2 Å². The quantitative estimate of drug-likeness (QED) is 0.741. The minimum atomic E-state index is -0.351. The van der Waals surface area contributed by atoms with Crippen molar-refractivity contribution in [3.05, 3.63) is 58.3 Å². The fourth-order valence-corrected chi connectivity index (χ4v) is 3.43. The van der Waals surface area contributed by atoms with Crippen molar-refractivity contribution in [2.24, 2.45) is 0 Å². The van der Waals surface area contributed by atoms with Gasteiger partial charge in [0.2, 0.25) is 0 Å². The average Bonchev–Trinajstić information content (AvgIpc) is 3.33. The van der Waals surface area contributed by atoms with E-state index in [1.54, 1.807) is 6.07 Å². The fourth-order valence-electron chi connectivity index (χ4n) is 2.76. The number of aromatic nitrogens is 1. The van der Waals surface area contributed by atoms with Crippen LogP contribution in [0.1, 0.15) is 21.6 Å². The fraction of sp³-hybridized carbons (Fsp3) is 0.222. The first-order valence-electron chi connectivity index (χ1n) is 8.01. The van der Waals surface area contributed by atoms with Gasteiger partial charge in [-0.1, -0.05) is 11.2 Å². The molecule has 0 aliphatic carbocycles. The molecule has 1 N–H and O–H groups in total. The molecule has 0 spiro atoms. The van der Waals surface area contributed by atoms with E-state index >= 15 is 0 Å². The maximum Gasteiger partial charge on any atom is 0.273 e. The molecule has 134 valence electrons. The summed E-state index contributed by atoms with van der Waals surface area (Å²) in [6.45, 7) is 0.777. The summed E-state index contributed by atoms with van der Waals surface area (Å²) < 4.78 is 29.6. The van der Waals surface area contributed by atoms with Crippen molar-refractivity contribution in [3.63, 3.8) is 0 Å². The number of carbonyl (C=O) groups excluding carboxylic acids is 1. The molecule has 2 aromatic heterocycles. The molecular formula is C18H15FN2O4S. The first-order valence-corrected chi connectivity index (χ1v) is 8.89. The van der Waals surface area contributed by atoms with E-state index in [0.717, 1.165) is 4.88 Å². The second-order valence-corrected chi connectivity index (χ2v) is 6.67. The largest absolute Gasteiger partial charge is 0.467 e. The molecule has 1 amide bonds. The van der Waals surface area contributed by atoms with Crippen LogP contribution in [0.2, 0.25) is 0 Å². The number of carbonyl (C=O) groups is 1. The van der Waals surface area contributed by atoms with Gasteiger partial charge in [0.15, 0.2) is 18.2 Å². The normalized spacial score (nSPS) is 13.1. The van der Waals surface area contributed by atoms with Crippen molar-refractivity contribution in [3.8, 4) is 16.4 Å². The molecule has 26 heavy (non-hydrogen) atoms. The number of nitrogens with one attached hydrogen (secondary N) is 1. The number of rotatable bonds is 5. The minimum absolute atomic E-state index is 0.141. The van der Waals surface area contributed by atoms with Crippen LogP contribution in [0, 0.1) is 5.82 Å². The number of benzene rings is 1. The lowest BCUT2D eigenvalue weighted by Gasteiger charge is -2.20. The maximum atomic E-state index is 13.7. The molecule has 0 radical (unpaired) electrons. The van der Waals surface area contributed by atoms with E-state index < -0.39 is 0 Å². The molecular weight excluding hydrogens is 359 g/mol. The van der Waals surface area contributed by atoms with Gasteiger partial charge in [-0.2, -0.15) is 0 Å². The zero-order valence-corrected chi connectivity index (χ0v) is 14.5. The number of nitrogens with zero attached hydrogens (tertiary/aromatic N) is 1. The molecule has 4 rings (SSSR count). The zero-order chi connectivity index (χ0) is 17.9. The van der Waals surface area contributed by atoms with E-state index in [9.17, 15) is 9.18 Å². The molecule has 8 heteroatoms. The van der Waals surface area contributed by atoms with Crippen LogP contribution in [-0.4, -0.2) is 24.4 Å². The number of hydrogen-bond acceptors (Lipinski definition) is 6. The van der Waals surface area contributed by atoms with Crippen molar-refractivity contribution in [2.45, 2.75) is 13.0 Å². The van der Waals surface area contributed by atoms with Crippen LogP contribution in [0.25, 0.3) is 10.6 Å². The van der Waals surface area contributed by atoms with Gasteiger partial charge in [0.1, 0.15) is 11.6 Å². The predicted molar refractivity (Wildman–Crippen MR) is 92.5 cm³/mol. The first-order chi connectivity index (χ1) is 12.7. The molecule has 1 aliphatic heterocycles. The Labute approximate surface area is 152 Å². The highest BCUT2D eigenvalue weighted by molar-refractivity contribution is 7.13. The van der Waals surface area contributed by atoms with Crippen molar-refractivity contribution < 1.29 is 23.2 Å². The third-order valence-electron chi connectivity index (χ3n) is 3.94. The monoisotopic (exact) mass is 374 g/mol. The van der Waals surface area contributed by atoms with Crippen LogP contribution in [0.5, 0.6) is 5.75 Å². The third kappa shape index (κ3) is 3.47. The summed E-state index contributed by atoms with van der Waals surface area (Å²) in [5.74, 6) is 0.494. The Morgan fingerprint density at radius 3 is 3.12 bits per heavy atom. The van der Waals surface area contributed by atoms with Crippen molar-refractivity contribution in [1.82, 2.24) is 10.5 Å². The van der Waals surface area contributed by atoms with Crippen molar-refractivity contribution >= 4 is 17.2 Å². The van der Waals surface area contributed by atoms with Gasteiger partial charge in [0.25, 0.3) is 5.91 Å².